The van der Waals surface area contributed by atoms with E-state index in [9.17, 15) is 34.2 Å². The number of nitrogens with two attached hydrogens (primary N) is 2. The van der Waals surface area contributed by atoms with Crippen LogP contribution < -0.4 is 27.4 Å². The second kappa shape index (κ2) is 17.0. The number of aliphatic carboxylic acids is 2. The number of unbranched alkanes of at least 4 members (excludes halogenated alkanes) is 1. The maximum Gasteiger partial charge on any atom is 0.326 e. The molecule has 1 rings (SSSR count). The van der Waals surface area contributed by atoms with Crippen molar-refractivity contribution in [2.75, 3.05) is 6.54 Å². The Morgan fingerprint density at radius 1 is 0.821 bits per heavy atom. The molecule has 39 heavy (non-hydrogen) atoms. The molecule has 0 aliphatic heterocycles. The second-order valence-electron chi connectivity index (χ2n) is 9.85. The van der Waals surface area contributed by atoms with Crippen LogP contribution in [0.15, 0.2) is 24.3 Å². The normalized spacial score (nSPS) is 14.1. The van der Waals surface area contributed by atoms with Crippen LogP contribution in [0.3, 0.4) is 0 Å². The van der Waals surface area contributed by atoms with Gasteiger partial charge >= 0.3 is 11.9 Å². The zero-order valence-electron chi connectivity index (χ0n) is 22.4. The van der Waals surface area contributed by atoms with E-state index in [1.54, 1.807) is 12.1 Å². The first-order valence-electron chi connectivity index (χ1n) is 12.9. The average molecular weight is 552 g/mol. The van der Waals surface area contributed by atoms with Crippen LogP contribution in [0.4, 0.5) is 0 Å². The minimum absolute atomic E-state index is 0.0420. The Labute approximate surface area is 227 Å². The number of benzene rings is 1. The van der Waals surface area contributed by atoms with Crippen LogP contribution in [0.5, 0.6) is 5.75 Å². The van der Waals surface area contributed by atoms with Crippen LogP contribution in [0, 0.1) is 5.92 Å². The third kappa shape index (κ3) is 13.1. The fourth-order valence-corrected chi connectivity index (χ4v) is 3.79. The Kier molecular flexibility index (Phi) is 14.5. The van der Waals surface area contributed by atoms with Crippen molar-refractivity contribution >= 4 is 29.7 Å². The molecule has 10 N–H and O–H groups in total. The van der Waals surface area contributed by atoms with Crippen LogP contribution >= 0.6 is 0 Å². The Balaban J connectivity index is 2.98. The SMILES string of the molecule is CC(C)CC(NC(=O)C(N)Cc1ccc(O)cc1)C(=O)NC(CCC(=O)O)C(=O)NC(CCCCN)C(=O)O. The summed E-state index contributed by atoms with van der Waals surface area (Å²) >= 11 is 0. The summed E-state index contributed by atoms with van der Waals surface area (Å²) in [5, 5.41) is 35.4. The molecule has 4 atom stereocenters. The number of phenols is 1. The van der Waals surface area contributed by atoms with Gasteiger partial charge in [-0.25, -0.2) is 4.79 Å². The highest BCUT2D eigenvalue weighted by atomic mass is 16.4. The van der Waals surface area contributed by atoms with E-state index in [0.29, 0.717) is 24.9 Å². The van der Waals surface area contributed by atoms with Crippen molar-refractivity contribution in [3.63, 3.8) is 0 Å². The standard InChI is InChI=1S/C26H41N5O8/c1-15(2)13-21(31-23(35)18(28)14-16-6-8-17(32)9-7-16)25(37)29-19(10-11-22(33)34)24(36)30-20(26(38)39)5-3-4-12-27/h6-9,15,18-21,32H,3-5,10-14,27-28H2,1-2H3,(H,29,37)(H,30,36)(H,31,35)(H,33,34)(H,38,39). The molecular weight excluding hydrogens is 510 g/mol. The van der Waals surface area contributed by atoms with Gasteiger partial charge in [0, 0.05) is 6.42 Å². The Hall–Kier alpha value is -3.71. The van der Waals surface area contributed by atoms with E-state index in [0.717, 1.165) is 0 Å². The average Bonchev–Trinajstić information content (AvgIpc) is 2.86. The molecule has 0 spiro atoms. The Morgan fingerprint density at radius 3 is 1.92 bits per heavy atom. The number of hydrogen-bond acceptors (Lipinski definition) is 8. The Bertz CT molecular complexity index is 970. The lowest BCUT2D eigenvalue weighted by Gasteiger charge is -2.26. The summed E-state index contributed by atoms with van der Waals surface area (Å²) < 4.78 is 0. The van der Waals surface area contributed by atoms with Crippen molar-refractivity contribution < 1.29 is 39.3 Å². The predicted octanol–water partition coefficient (Wildman–Crippen LogP) is -0.159. The Morgan fingerprint density at radius 2 is 1.38 bits per heavy atom. The molecule has 0 fully saturated rings. The molecule has 4 unspecified atom stereocenters. The van der Waals surface area contributed by atoms with Gasteiger partial charge < -0.3 is 42.7 Å². The van der Waals surface area contributed by atoms with Gasteiger partial charge in [0.25, 0.3) is 0 Å². The number of phenolic OH excluding ortho intramolecular Hbond substituents is 1. The summed E-state index contributed by atoms with van der Waals surface area (Å²) in [7, 11) is 0. The molecule has 13 nitrogen and oxygen atoms in total. The summed E-state index contributed by atoms with van der Waals surface area (Å²) in [5.41, 5.74) is 12.2. The number of carboxylic acid groups (broad SMARTS) is 2. The molecule has 1 aromatic carbocycles. The molecule has 3 amide bonds. The van der Waals surface area contributed by atoms with E-state index in [1.165, 1.54) is 12.1 Å². The fraction of sp³-hybridized carbons (Fsp3) is 0.577. The molecular formula is C26H41N5O8. The summed E-state index contributed by atoms with van der Waals surface area (Å²) in [4.78, 5) is 61.6. The monoisotopic (exact) mass is 551 g/mol. The number of hydrogen-bond donors (Lipinski definition) is 8. The quantitative estimate of drug-likeness (QED) is 0.112. The van der Waals surface area contributed by atoms with Crippen LogP contribution in [0.2, 0.25) is 0 Å². The smallest absolute Gasteiger partial charge is 0.326 e. The topological polar surface area (TPSA) is 234 Å². The largest absolute Gasteiger partial charge is 0.508 e. The number of carboxylic acids is 2. The van der Waals surface area contributed by atoms with Crippen molar-refractivity contribution in [1.29, 1.82) is 0 Å². The molecule has 0 aliphatic rings. The van der Waals surface area contributed by atoms with E-state index in [-0.39, 0.29) is 37.4 Å². The number of carbonyl (C=O) groups is 5. The lowest BCUT2D eigenvalue weighted by molar-refractivity contribution is -0.143. The first kappa shape index (κ1) is 33.3. The highest BCUT2D eigenvalue weighted by molar-refractivity contribution is 5.94. The molecule has 0 saturated heterocycles. The number of amides is 3. The van der Waals surface area contributed by atoms with Crippen LogP contribution in [0.1, 0.15) is 57.9 Å². The molecule has 0 aromatic heterocycles. The van der Waals surface area contributed by atoms with Crippen LogP contribution in [-0.4, -0.2) is 75.7 Å². The zero-order chi connectivity index (χ0) is 29.5. The third-order valence-corrected chi connectivity index (χ3v) is 5.91. The van der Waals surface area contributed by atoms with Gasteiger partial charge in [-0.05, 0) is 68.7 Å². The number of rotatable bonds is 18. The first-order valence-corrected chi connectivity index (χ1v) is 12.9. The summed E-state index contributed by atoms with van der Waals surface area (Å²) in [6, 6.07) is 1.49. The zero-order valence-corrected chi connectivity index (χ0v) is 22.4. The molecule has 0 aliphatic carbocycles. The van der Waals surface area contributed by atoms with E-state index in [2.05, 4.69) is 16.0 Å². The van der Waals surface area contributed by atoms with Gasteiger partial charge in [-0.2, -0.15) is 0 Å². The molecule has 1 aromatic rings. The highest BCUT2D eigenvalue weighted by Crippen LogP contribution is 2.12. The van der Waals surface area contributed by atoms with Gasteiger partial charge in [-0.1, -0.05) is 26.0 Å². The summed E-state index contributed by atoms with van der Waals surface area (Å²) in [6.45, 7) is 4.02. The van der Waals surface area contributed by atoms with Crippen molar-refractivity contribution in [3.05, 3.63) is 29.8 Å². The lowest BCUT2D eigenvalue weighted by atomic mass is 10.0. The van der Waals surface area contributed by atoms with E-state index in [1.807, 2.05) is 13.8 Å². The summed E-state index contributed by atoms with van der Waals surface area (Å²) in [5.74, 6) is -4.63. The van der Waals surface area contributed by atoms with E-state index < -0.39 is 60.2 Å². The van der Waals surface area contributed by atoms with E-state index >= 15 is 0 Å². The van der Waals surface area contributed by atoms with Crippen molar-refractivity contribution in [3.8, 4) is 5.75 Å². The molecule has 0 radical (unpaired) electrons. The summed E-state index contributed by atoms with van der Waals surface area (Å²) in [6.07, 6.45) is 0.729. The van der Waals surface area contributed by atoms with E-state index in [4.69, 9.17) is 16.6 Å². The minimum atomic E-state index is -1.35. The first-order chi connectivity index (χ1) is 18.3. The number of nitrogens with one attached hydrogen (secondary N) is 3. The molecule has 0 bridgehead atoms. The maximum atomic E-state index is 13.2. The van der Waals surface area contributed by atoms with Gasteiger partial charge in [0.2, 0.25) is 17.7 Å². The van der Waals surface area contributed by atoms with Crippen molar-refractivity contribution in [2.45, 2.75) is 83.0 Å². The van der Waals surface area contributed by atoms with Crippen molar-refractivity contribution in [2.24, 2.45) is 17.4 Å². The minimum Gasteiger partial charge on any atom is -0.508 e. The molecule has 0 heterocycles. The van der Waals surface area contributed by atoms with Gasteiger partial charge in [-0.15, -0.1) is 0 Å². The van der Waals surface area contributed by atoms with Crippen LogP contribution in [0.25, 0.3) is 0 Å². The predicted molar refractivity (Wildman–Crippen MR) is 142 cm³/mol. The maximum absolute atomic E-state index is 13.2. The van der Waals surface area contributed by atoms with Gasteiger partial charge in [0.15, 0.2) is 0 Å². The molecule has 13 heteroatoms. The number of carbonyl (C=O) groups excluding carboxylic acids is 3. The third-order valence-electron chi connectivity index (χ3n) is 5.91. The van der Waals surface area contributed by atoms with Gasteiger partial charge in [0.1, 0.15) is 23.9 Å². The van der Waals surface area contributed by atoms with Crippen molar-refractivity contribution in [1.82, 2.24) is 16.0 Å². The number of aromatic hydroxyl groups is 1. The highest BCUT2D eigenvalue weighted by Gasteiger charge is 2.31. The second-order valence-corrected chi connectivity index (χ2v) is 9.85. The van der Waals surface area contributed by atoms with Gasteiger partial charge in [0.05, 0.1) is 6.04 Å². The molecule has 218 valence electrons. The van der Waals surface area contributed by atoms with Crippen LogP contribution in [-0.2, 0) is 30.4 Å². The lowest BCUT2D eigenvalue weighted by Crippen LogP contribution is -2.57. The molecule has 0 saturated carbocycles. The fourth-order valence-electron chi connectivity index (χ4n) is 3.79. The van der Waals surface area contributed by atoms with Gasteiger partial charge in [-0.3, -0.25) is 19.2 Å².